The van der Waals surface area contributed by atoms with Gasteiger partial charge < -0.3 is 5.73 Å². The number of nitrogens with zero attached hydrogens (tertiary/aromatic N) is 3. The molecule has 0 saturated heterocycles. The first-order chi connectivity index (χ1) is 11.1. The lowest BCUT2D eigenvalue weighted by molar-refractivity contribution is 0.100. The Labute approximate surface area is 138 Å². The van der Waals surface area contributed by atoms with Crippen molar-refractivity contribution in [3.8, 4) is 11.1 Å². The summed E-state index contributed by atoms with van der Waals surface area (Å²) in [6.45, 7) is 0.892. The molecule has 0 spiro atoms. The molecule has 0 bridgehead atoms. The van der Waals surface area contributed by atoms with E-state index in [1.54, 1.807) is 18.2 Å². The highest BCUT2D eigenvalue weighted by atomic mass is 35.5. The largest absolute Gasteiger partial charge is 0.366 e. The van der Waals surface area contributed by atoms with Crippen LogP contribution in [0.5, 0.6) is 0 Å². The van der Waals surface area contributed by atoms with E-state index in [2.05, 4.69) is 10.3 Å². The van der Waals surface area contributed by atoms with Crippen molar-refractivity contribution in [3.05, 3.63) is 47.0 Å². The maximum atomic E-state index is 11.4. The fourth-order valence-electron chi connectivity index (χ4n) is 2.75. The summed E-state index contributed by atoms with van der Waals surface area (Å²) < 4.78 is 1.92. The molecule has 1 aliphatic rings. The summed E-state index contributed by atoms with van der Waals surface area (Å²) in [4.78, 5) is 11.4. The van der Waals surface area contributed by atoms with E-state index in [-0.39, 0.29) is 0 Å². The topological polar surface area (TPSA) is 73.8 Å². The van der Waals surface area contributed by atoms with Gasteiger partial charge in [0.25, 0.3) is 0 Å². The summed E-state index contributed by atoms with van der Waals surface area (Å²) in [7, 11) is 0. The average molecular weight is 327 g/mol. The van der Waals surface area contributed by atoms with Crippen molar-refractivity contribution in [1.82, 2.24) is 15.0 Å². The van der Waals surface area contributed by atoms with Crippen molar-refractivity contribution in [3.63, 3.8) is 0 Å². The van der Waals surface area contributed by atoms with Gasteiger partial charge in [-0.05, 0) is 42.5 Å². The number of carbonyl (C=O) groups excluding carboxylic acids is 1. The van der Waals surface area contributed by atoms with Gasteiger partial charge in [0.15, 0.2) is 0 Å². The van der Waals surface area contributed by atoms with Crippen LogP contribution in [-0.2, 0) is 6.54 Å². The van der Waals surface area contributed by atoms with Crippen LogP contribution in [0.25, 0.3) is 22.2 Å². The highest BCUT2D eigenvalue weighted by Gasteiger charge is 2.23. The fraction of sp³-hybridized carbons (Fsp3) is 0.235. The summed E-state index contributed by atoms with van der Waals surface area (Å²) in [6, 6.07) is 11.0. The van der Waals surface area contributed by atoms with E-state index in [1.165, 1.54) is 12.8 Å². The van der Waals surface area contributed by atoms with Gasteiger partial charge in [-0.25, -0.2) is 4.68 Å². The number of halogens is 1. The molecule has 1 aliphatic carbocycles. The normalized spacial score (nSPS) is 14.3. The van der Waals surface area contributed by atoms with Crippen LogP contribution < -0.4 is 5.73 Å². The maximum Gasteiger partial charge on any atom is 0.248 e. The van der Waals surface area contributed by atoms with Crippen LogP contribution in [0.4, 0.5) is 0 Å². The summed E-state index contributed by atoms with van der Waals surface area (Å²) in [6.07, 6.45) is 2.51. The van der Waals surface area contributed by atoms with Crippen molar-refractivity contribution in [2.75, 3.05) is 0 Å². The molecule has 3 aromatic rings. The third-order valence-electron chi connectivity index (χ3n) is 4.21. The first-order valence-corrected chi connectivity index (χ1v) is 7.93. The average Bonchev–Trinajstić information content (AvgIpc) is 3.27. The van der Waals surface area contributed by atoms with Gasteiger partial charge in [0.2, 0.25) is 5.91 Å². The number of benzene rings is 2. The SMILES string of the molecule is NC(=O)c1cccc(-c2ccc3c(nnn3CC3CC3)c2Cl)c1. The minimum absolute atomic E-state index is 0.455. The molecule has 2 N–H and O–H groups in total. The highest BCUT2D eigenvalue weighted by molar-refractivity contribution is 6.37. The predicted octanol–water partition coefficient (Wildman–Crippen LogP) is 3.26. The van der Waals surface area contributed by atoms with E-state index in [0.29, 0.717) is 22.0 Å². The molecular weight excluding hydrogens is 312 g/mol. The summed E-state index contributed by atoms with van der Waals surface area (Å²) in [5.41, 5.74) is 9.09. The molecule has 1 aromatic heterocycles. The quantitative estimate of drug-likeness (QED) is 0.799. The number of hydrogen-bond acceptors (Lipinski definition) is 3. The van der Waals surface area contributed by atoms with E-state index in [9.17, 15) is 4.79 Å². The Kier molecular flexibility index (Phi) is 3.31. The number of amides is 1. The minimum Gasteiger partial charge on any atom is -0.366 e. The standard InChI is InChI=1S/C17H15ClN4O/c18-15-13(11-2-1-3-12(8-11)17(19)23)6-7-14-16(15)20-21-22(14)9-10-4-5-10/h1-3,6-8,10H,4-5,9H2,(H2,19,23). The number of primary amides is 1. The van der Waals surface area contributed by atoms with E-state index in [4.69, 9.17) is 17.3 Å². The van der Waals surface area contributed by atoms with Gasteiger partial charge in [-0.1, -0.05) is 35.0 Å². The van der Waals surface area contributed by atoms with Gasteiger partial charge in [-0.15, -0.1) is 5.10 Å². The third kappa shape index (κ3) is 2.57. The highest BCUT2D eigenvalue weighted by Crippen LogP contribution is 2.35. The second kappa shape index (κ2) is 5.35. The van der Waals surface area contributed by atoms with Crippen LogP contribution in [0.2, 0.25) is 5.02 Å². The van der Waals surface area contributed by atoms with Gasteiger partial charge in [0.1, 0.15) is 5.52 Å². The number of rotatable bonds is 4. The van der Waals surface area contributed by atoms with Crippen molar-refractivity contribution in [2.24, 2.45) is 11.7 Å². The molecule has 0 unspecified atom stereocenters. The zero-order valence-corrected chi connectivity index (χ0v) is 13.1. The minimum atomic E-state index is -0.459. The van der Waals surface area contributed by atoms with Crippen LogP contribution in [0, 0.1) is 5.92 Å². The van der Waals surface area contributed by atoms with Crippen molar-refractivity contribution < 1.29 is 4.79 Å². The zero-order valence-electron chi connectivity index (χ0n) is 12.4. The van der Waals surface area contributed by atoms with E-state index < -0.39 is 5.91 Å². The Morgan fingerprint density at radius 2 is 2.13 bits per heavy atom. The predicted molar refractivity (Wildman–Crippen MR) is 89.2 cm³/mol. The molecule has 1 heterocycles. The lowest BCUT2D eigenvalue weighted by Gasteiger charge is -2.07. The Morgan fingerprint density at radius 3 is 2.87 bits per heavy atom. The maximum absolute atomic E-state index is 11.4. The van der Waals surface area contributed by atoms with Gasteiger partial charge in [-0.3, -0.25) is 4.79 Å². The first-order valence-electron chi connectivity index (χ1n) is 7.55. The second-order valence-corrected chi connectivity index (χ2v) is 6.33. The molecule has 6 heteroatoms. The molecule has 23 heavy (non-hydrogen) atoms. The van der Waals surface area contributed by atoms with Crippen LogP contribution in [0.1, 0.15) is 23.2 Å². The lowest BCUT2D eigenvalue weighted by Crippen LogP contribution is -2.10. The third-order valence-corrected chi connectivity index (χ3v) is 4.59. The summed E-state index contributed by atoms with van der Waals surface area (Å²) in [5.74, 6) is 0.255. The molecule has 1 amide bonds. The Bertz CT molecular complexity index is 914. The van der Waals surface area contributed by atoms with Crippen LogP contribution in [0.15, 0.2) is 36.4 Å². The van der Waals surface area contributed by atoms with Gasteiger partial charge in [0.05, 0.1) is 10.5 Å². The second-order valence-electron chi connectivity index (χ2n) is 5.95. The van der Waals surface area contributed by atoms with E-state index in [1.807, 2.05) is 22.9 Å². The first kappa shape index (κ1) is 14.2. The monoisotopic (exact) mass is 326 g/mol. The molecule has 5 nitrogen and oxygen atoms in total. The van der Waals surface area contributed by atoms with Crippen molar-refractivity contribution in [1.29, 1.82) is 0 Å². The Balaban J connectivity index is 1.80. The van der Waals surface area contributed by atoms with Gasteiger partial charge in [0, 0.05) is 17.7 Å². The summed E-state index contributed by atoms with van der Waals surface area (Å²) in [5, 5.41) is 9.00. The molecule has 2 aromatic carbocycles. The van der Waals surface area contributed by atoms with Crippen molar-refractivity contribution in [2.45, 2.75) is 19.4 Å². The van der Waals surface area contributed by atoms with Crippen LogP contribution in [-0.4, -0.2) is 20.9 Å². The molecule has 0 atom stereocenters. The van der Waals surface area contributed by atoms with Crippen LogP contribution in [0.3, 0.4) is 0 Å². The smallest absolute Gasteiger partial charge is 0.248 e. The fourth-order valence-corrected chi connectivity index (χ4v) is 3.05. The van der Waals surface area contributed by atoms with Gasteiger partial charge in [-0.2, -0.15) is 0 Å². The molecule has 4 rings (SSSR count). The number of fused-ring (bicyclic) bond motifs is 1. The van der Waals surface area contributed by atoms with Crippen molar-refractivity contribution >= 4 is 28.5 Å². The molecule has 1 fully saturated rings. The Hall–Kier alpha value is -2.40. The molecule has 1 saturated carbocycles. The lowest BCUT2D eigenvalue weighted by atomic mass is 10.0. The molecular formula is C17H15ClN4O. The summed E-state index contributed by atoms with van der Waals surface area (Å²) >= 11 is 6.54. The van der Waals surface area contributed by atoms with E-state index in [0.717, 1.165) is 23.2 Å². The van der Waals surface area contributed by atoms with E-state index >= 15 is 0 Å². The van der Waals surface area contributed by atoms with Gasteiger partial charge >= 0.3 is 0 Å². The van der Waals surface area contributed by atoms with Crippen LogP contribution >= 0.6 is 11.6 Å². The number of aromatic nitrogens is 3. The molecule has 116 valence electrons. The molecule has 0 aliphatic heterocycles. The number of carbonyl (C=O) groups is 1. The number of hydrogen-bond donors (Lipinski definition) is 1. The molecule has 0 radical (unpaired) electrons. The Morgan fingerprint density at radius 1 is 1.30 bits per heavy atom. The zero-order chi connectivity index (χ0) is 16.0. The number of nitrogens with two attached hydrogens (primary N) is 1.